The smallest absolute Gasteiger partial charge is 0.326 e. The van der Waals surface area contributed by atoms with E-state index < -0.39 is 72.8 Å². The first kappa shape index (κ1) is 29.8. The van der Waals surface area contributed by atoms with E-state index in [0.29, 0.717) is 51.6 Å². The molecule has 0 aliphatic carbocycles. The second-order valence-corrected chi connectivity index (χ2v) is 10.1. The summed E-state index contributed by atoms with van der Waals surface area (Å²) < 4.78 is 0. The number of likely N-dealkylation sites (tertiary alicyclic amines) is 3. The van der Waals surface area contributed by atoms with Crippen molar-refractivity contribution in [2.24, 2.45) is 5.73 Å². The van der Waals surface area contributed by atoms with Gasteiger partial charge in [-0.15, -0.1) is 0 Å². The largest absolute Gasteiger partial charge is 0.481 e. The highest BCUT2D eigenvalue weighted by Crippen LogP contribution is 2.28. The molecule has 0 aromatic rings. The van der Waals surface area contributed by atoms with E-state index in [1.165, 1.54) is 21.6 Å². The van der Waals surface area contributed by atoms with Gasteiger partial charge in [-0.2, -0.15) is 0 Å². The Morgan fingerprint density at radius 1 is 0.821 bits per heavy atom. The number of amides is 5. The predicted octanol–water partition coefficient (Wildman–Crippen LogP) is -2.53. The molecule has 3 rings (SSSR count). The number of nitrogens with two attached hydrogens (primary N) is 1. The summed E-state index contributed by atoms with van der Waals surface area (Å²) in [6.45, 7) is 1.87. The van der Waals surface area contributed by atoms with Crippen LogP contribution >= 0.6 is 0 Å². The molecule has 3 aliphatic rings. The lowest BCUT2D eigenvalue weighted by Crippen LogP contribution is -2.57. The van der Waals surface area contributed by atoms with E-state index in [9.17, 15) is 38.7 Å². The molecular weight excluding hydrogens is 516 g/mol. The molecule has 0 bridgehead atoms. The molecule has 0 radical (unpaired) electrons. The quantitative estimate of drug-likeness (QED) is 0.191. The molecule has 15 nitrogen and oxygen atoms in total. The summed E-state index contributed by atoms with van der Waals surface area (Å²) in [6, 6.07) is -4.84. The molecule has 5 amide bonds. The first-order valence-electron chi connectivity index (χ1n) is 13.1. The van der Waals surface area contributed by atoms with Gasteiger partial charge in [-0.3, -0.25) is 28.8 Å². The Hall–Kier alpha value is -3.75. The molecule has 5 atom stereocenters. The predicted molar refractivity (Wildman–Crippen MR) is 133 cm³/mol. The zero-order chi connectivity index (χ0) is 28.9. The van der Waals surface area contributed by atoms with Gasteiger partial charge in [0.2, 0.25) is 29.5 Å². The lowest BCUT2D eigenvalue weighted by Gasteiger charge is -2.34. The lowest BCUT2D eigenvalue weighted by atomic mass is 10.1. The monoisotopic (exact) mass is 552 g/mol. The van der Waals surface area contributed by atoms with E-state index in [-0.39, 0.29) is 18.4 Å². The number of nitrogens with zero attached hydrogens (tertiary/aromatic N) is 3. The van der Waals surface area contributed by atoms with Gasteiger partial charge in [-0.05, 0) is 45.4 Å². The van der Waals surface area contributed by atoms with Gasteiger partial charge in [-0.1, -0.05) is 0 Å². The summed E-state index contributed by atoms with van der Waals surface area (Å²) in [5.41, 5.74) is 5.44. The topological polar surface area (TPSA) is 220 Å². The number of hydrogen-bond acceptors (Lipinski definition) is 8. The van der Waals surface area contributed by atoms with Crippen LogP contribution in [-0.2, 0) is 33.6 Å². The summed E-state index contributed by atoms with van der Waals surface area (Å²) in [5.74, 6) is -5.11. The van der Waals surface area contributed by atoms with Crippen LogP contribution in [0.15, 0.2) is 0 Å². The Morgan fingerprint density at radius 2 is 1.31 bits per heavy atom. The maximum absolute atomic E-state index is 13.5. The second kappa shape index (κ2) is 12.9. The molecule has 6 N–H and O–H groups in total. The van der Waals surface area contributed by atoms with Crippen molar-refractivity contribution in [2.45, 2.75) is 82.1 Å². The highest BCUT2D eigenvalue weighted by molar-refractivity contribution is 5.96. The highest BCUT2D eigenvalue weighted by Gasteiger charge is 2.46. The molecular formula is C24H36N6O9. The first-order valence-corrected chi connectivity index (χ1v) is 13.1. The summed E-state index contributed by atoms with van der Waals surface area (Å²) in [7, 11) is 0. The van der Waals surface area contributed by atoms with Crippen LogP contribution in [0.2, 0.25) is 0 Å². The summed E-state index contributed by atoms with van der Waals surface area (Å²) >= 11 is 0. The van der Waals surface area contributed by atoms with Crippen LogP contribution in [-0.4, -0.2) is 123 Å². The second-order valence-electron chi connectivity index (χ2n) is 10.1. The highest BCUT2D eigenvalue weighted by atomic mass is 16.4. The van der Waals surface area contributed by atoms with Crippen molar-refractivity contribution in [3.63, 3.8) is 0 Å². The van der Waals surface area contributed by atoms with E-state index >= 15 is 0 Å². The molecule has 216 valence electrons. The zero-order valence-corrected chi connectivity index (χ0v) is 21.8. The fourth-order valence-electron chi connectivity index (χ4n) is 5.43. The van der Waals surface area contributed by atoms with Gasteiger partial charge in [0.15, 0.2) is 0 Å². The van der Waals surface area contributed by atoms with Crippen molar-refractivity contribution >= 4 is 41.5 Å². The third-order valence-corrected chi connectivity index (χ3v) is 7.37. The van der Waals surface area contributed by atoms with Crippen LogP contribution in [0, 0.1) is 0 Å². The SMILES string of the molecule is C[C@H](NC(=O)CNC(=O)[C@@H](N)CC(=O)O)C(=O)N1CCC[C@H]1C(=O)N1CCC[C@H]1C(=O)N1CCC[C@H]1C(=O)O. The molecule has 0 spiro atoms. The van der Waals surface area contributed by atoms with Crippen molar-refractivity contribution in [3.05, 3.63) is 0 Å². The maximum Gasteiger partial charge on any atom is 0.326 e. The van der Waals surface area contributed by atoms with Crippen LogP contribution in [0.4, 0.5) is 0 Å². The first-order chi connectivity index (χ1) is 18.4. The van der Waals surface area contributed by atoms with Gasteiger partial charge in [-0.25, -0.2) is 4.79 Å². The number of carboxylic acid groups (broad SMARTS) is 2. The molecule has 0 aromatic heterocycles. The normalized spacial score (nSPS) is 24.3. The van der Waals surface area contributed by atoms with Gasteiger partial charge in [0, 0.05) is 19.6 Å². The Morgan fingerprint density at radius 3 is 1.85 bits per heavy atom. The van der Waals surface area contributed by atoms with Crippen LogP contribution in [0.1, 0.15) is 51.9 Å². The van der Waals surface area contributed by atoms with Gasteiger partial charge in [0.25, 0.3) is 0 Å². The Kier molecular flexibility index (Phi) is 9.83. The fourth-order valence-corrected chi connectivity index (χ4v) is 5.43. The molecule has 0 unspecified atom stereocenters. The van der Waals surface area contributed by atoms with E-state index in [1.54, 1.807) is 0 Å². The Labute approximate surface area is 225 Å². The molecule has 3 saturated heterocycles. The minimum Gasteiger partial charge on any atom is -0.481 e. The van der Waals surface area contributed by atoms with Gasteiger partial charge >= 0.3 is 11.9 Å². The lowest BCUT2D eigenvalue weighted by molar-refractivity contribution is -0.153. The molecule has 3 heterocycles. The molecule has 3 fully saturated rings. The van der Waals surface area contributed by atoms with Crippen LogP contribution < -0.4 is 16.4 Å². The third-order valence-electron chi connectivity index (χ3n) is 7.37. The minimum absolute atomic E-state index is 0.288. The number of carboxylic acids is 2. The van der Waals surface area contributed by atoms with Crippen LogP contribution in [0.3, 0.4) is 0 Å². The molecule has 3 aliphatic heterocycles. The number of aliphatic carboxylic acids is 2. The summed E-state index contributed by atoms with van der Waals surface area (Å²) in [4.78, 5) is 90.3. The minimum atomic E-state index is -1.33. The van der Waals surface area contributed by atoms with Crippen molar-refractivity contribution in [3.8, 4) is 0 Å². The van der Waals surface area contributed by atoms with E-state index in [1.807, 2.05) is 0 Å². The van der Waals surface area contributed by atoms with Gasteiger partial charge in [0.1, 0.15) is 24.2 Å². The number of carbonyl (C=O) groups is 7. The fraction of sp³-hybridized carbons (Fsp3) is 0.708. The number of rotatable bonds is 10. The molecule has 0 saturated carbocycles. The Bertz CT molecular complexity index is 1020. The number of hydrogen-bond donors (Lipinski definition) is 5. The number of carbonyl (C=O) groups excluding carboxylic acids is 5. The van der Waals surface area contributed by atoms with Gasteiger partial charge in [0.05, 0.1) is 19.0 Å². The summed E-state index contributed by atoms with van der Waals surface area (Å²) in [6.07, 6.45) is 2.30. The van der Waals surface area contributed by atoms with Crippen molar-refractivity contribution in [2.75, 3.05) is 26.2 Å². The van der Waals surface area contributed by atoms with Crippen molar-refractivity contribution in [1.82, 2.24) is 25.3 Å². The third kappa shape index (κ3) is 7.02. The molecule has 39 heavy (non-hydrogen) atoms. The number of nitrogens with one attached hydrogen (secondary N) is 2. The standard InChI is InChI=1S/C24H36N6O9/c1-13(27-18(31)12-26-20(34)14(25)11-19(32)33)21(35)28-8-2-5-15(28)22(36)29-9-3-6-16(29)23(37)30-10-4-7-17(30)24(38)39/h13-17H,2-12,25H2,1H3,(H,26,34)(H,27,31)(H,32,33)(H,38,39)/t13-,14-,15-,16-,17-/m0/s1. The van der Waals surface area contributed by atoms with E-state index in [4.69, 9.17) is 10.8 Å². The molecule has 0 aromatic carbocycles. The van der Waals surface area contributed by atoms with Gasteiger partial charge < -0.3 is 41.3 Å². The van der Waals surface area contributed by atoms with Crippen LogP contribution in [0.25, 0.3) is 0 Å². The van der Waals surface area contributed by atoms with Crippen molar-refractivity contribution < 1.29 is 43.8 Å². The summed E-state index contributed by atoms with van der Waals surface area (Å²) in [5, 5.41) is 22.8. The van der Waals surface area contributed by atoms with E-state index in [2.05, 4.69) is 10.6 Å². The van der Waals surface area contributed by atoms with Crippen molar-refractivity contribution in [1.29, 1.82) is 0 Å². The average Bonchev–Trinajstić information content (AvgIpc) is 3.65. The molecule has 15 heteroatoms. The maximum atomic E-state index is 13.5. The zero-order valence-electron chi connectivity index (χ0n) is 21.8. The van der Waals surface area contributed by atoms with Crippen LogP contribution in [0.5, 0.6) is 0 Å². The van der Waals surface area contributed by atoms with E-state index in [0.717, 1.165) is 0 Å². The Balaban J connectivity index is 1.57. The average molecular weight is 553 g/mol.